The van der Waals surface area contributed by atoms with Crippen LogP contribution < -0.4 is 11.1 Å². The molecule has 0 radical (unpaired) electrons. The van der Waals surface area contributed by atoms with Gasteiger partial charge >= 0.3 is 0 Å². The maximum Gasteiger partial charge on any atom is 0.261 e. The molecule has 2 rings (SSSR count). The predicted molar refractivity (Wildman–Crippen MR) is 78.7 cm³/mol. The van der Waals surface area contributed by atoms with Crippen molar-refractivity contribution in [2.45, 2.75) is 51.6 Å². The molecule has 1 aliphatic rings. The van der Waals surface area contributed by atoms with E-state index in [1.54, 1.807) is 11.3 Å². The third kappa shape index (κ3) is 3.70. The number of nitrogens with one attached hydrogen (secondary N) is 1. The molecule has 0 atom stereocenters. The fraction of sp³-hybridized carbons (Fsp3) is 0.615. The van der Waals surface area contributed by atoms with Gasteiger partial charge in [-0.2, -0.15) is 0 Å². The lowest BCUT2D eigenvalue weighted by molar-refractivity contribution is 0.0930. The molecule has 1 heterocycles. The number of hydrogen-bond acceptors (Lipinski definition) is 3. The minimum atomic E-state index is 0. The van der Waals surface area contributed by atoms with Crippen molar-refractivity contribution in [2.75, 3.05) is 0 Å². The average molecular weight is 289 g/mol. The highest BCUT2D eigenvalue weighted by Gasteiger charge is 2.21. The van der Waals surface area contributed by atoms with Crippen molar-refractivity contribution in [1.29, 1.82) is 0 Å². The van der Waals surface area contributed by atoms with Gasteiger partial charge in [0.15, 0.2) is 0 Å². The SMILES string of the molecule is Cc1cc(C(=O)NC2CCC(N)CC2)sc1C.Cl. The summed E-state index contributed by atoms with van der Waals surface area (Å²) in [4.78, 5) is 14.1. The van der Waals surface area contributed by atoms with Crippen LogP contribution in [0.3, 0.4) is 0 Å². The molecule has 1 amide bonds. The lowest BCUT2D eigenvalue weighted by Gasteiger charge is -2.26. The smallest absolute Gasteiger partial charge is 0.261 e. The second kappa shape index (κ2) is 6.55. The van der Waals surface area contributed by atoms with Crippen LogP contribution in [0.5, 0.6) is 0 Å². The standard InChI is InChI=1S/C13H20N2OS.ClH/c1-8-7-12(17-9(8)2)13(16)15-11-5-3-10(14)4-6-11;/h7,10-11H,3-6,14H2,1-2H3,(H,15,16);1H. The summed E-state index contributed by atoms with van der Waals surface area (Å²) in [7, 11) is 0. The number of carbonyl (C=O) groups is 1. The number of hydrogen-bond donors (Lipinski definition) is 2. The summed E-state index contributed by atoms with van der Waals surface area (Å²) < 4.78 is 0. The Bertz CT molecular complexity index is 392. The molecule has 3 N–H and O–H groups in total. The molecule has 3 nitrogen and oxygen atoms in total. The Kier molecular flexibility index (Phi) is 5.63. The Balaban J connectivity index is 0.00000162. The molecule has 1 aromatic rings. The van der Waals surface area contributed by atoms with Gasteiger partial charge < -0.3 is 11.1 Å². The lowest BCUT2D eigenvalue weighted by atomic mass is 9.92. The van der Waals surface area contributed by atoms with Gasteiger partial charge in [-0.25, -0.2) is 0 Å². The second-order valence-electron chi connectivity index (χ2n) is 4.94. The van der Waals surface area contributed by atoms with E-state index in [-0.39, 0.29) is 18.3 Å². The van der Waals surface area contributed by atoms with Crippen molar-refractivity contribution in [2.24, 2.45) is 5.73 Å². The summed E-state index contributed by atoms with van der Waals surface area (Å²) in [5.41, 5.74) is 7.05. The molecule has 1 aliphatic carbocycles. The van der Waals surface area contributed by atoms with Crippen molar-refractivity contribution < 1.29 is 4.79 Å². The van der Waals surface area contributed by atoms with Gasteiger partial charge in [-0.3, -0.25) is 4.79 Å². The number of thiophene rings is 1. The Labute approximate surface area is 119 Å². The molecule has 1 fully saturated rings. The maximum atomic E-state index is 12.0. The number of amides is 1. The molecule has 5 heteroatoms. The number of carbonyl (C=O) groups excluding carboxylic acids is 1. The minimum Gasteiger partial charge on any atom is -0.349 e. The van der Waals surface area contributed by atoms with Crippen LogP contribution in [0.1, 0.15) is 45.8 Å². The minimum absolute atomic E-state index is 0. The number of aryl methyl sites for hydroxylation is 2. The normalized spacial score (nSPS) is 23.3. The van der Waals surface area contributed by atoms with Crippen LogP contribution in [-0.4, -0.2) is 18.0 Å². The molecule has 0 bridgehead atoms. The summed E-state index contributed by atoms with van der Waals surface area (Å²) in [6, 6.07) is 2.61. The van der Waals surface area contributed by atoms with Crippen LogP contribution in [0.2, 0.25) is 0 Å². The van der Waals surface area contributed by atoms with Crippen molar-refractivity contribution in [3.63, 3.8) is 0 Å². The number of halogens is 1. The van der Waals surface area contributed by atoms with Gasteiger partial charge in [-0.05, 0) is 51.2 Å². The predicted octanol–water partition coefficient (Wildman–Crippen LogP) is 2.79. The fourth-order valence-corrected chi connectivity index (χ4v) is 3.14. The zero-order valence-corrected chi connectivity index (χ0v) is 12.5. The van der Waals surface area contributed by atoms with E-state index >= 15 is 0 Å². The maximum absolute atomic E-state index is 12.0. The van der Waals surface area contributed by atoms with Crippen molar-refractivity contribution in [1.82, 2.24) is 5.32 Å². The van der Waals surface area contributed by atoms with Crippen LogP contribution in [0.25, 0.3) is 0 Å². The van der Waals surface area contributed by atoms with E-state index < -0.39 is 0 Å². The third-order valence-electron chi connectivity index (χ3n) is 3.50. The van der Waals surface area contributed by atoms with E-state index in [1.807, 2.05) is 13.0 Å². The van der Waals surface area contributed by atoms with E-state index in [9.17, 15) is 4.79 Å². The zero-order chi connectivity index (χ0) is 12.4. The van der Waals surface area contributed by atoms with Crippen LogP contribution in [0.4, 0.5) is 0 Å². The fourth-order valence-electron chi connectivity index (χ4n) is 2.21. The molecule has 0 unspecified atom stereocenters. The molecule has 0 saturated heterocycles. The van der Waals surface area contributed by atoms with Gasteiger partial charge in [0.2, 0.25) is 0 Å². The molecule has 1 aromatic heterocycles. The summed E-state index contributed by atoms with van der Waals surface area (Å²) in [5, 5.41) is 3.11. The molecule has 0 aromatic carbocycles. The van der Waals surface area contributed by atoms with Crippen LogP contribution in [-0.2, 0) is 0 Å². The highest BCUT2D eigenvalue weighted by atomic mass is 35.5. The summed E-state index contributed by atoms with van der Waals surface area (Å²) >= 11 is 1.57. The number of rotatable bonds is 2. The Morgan fingerprint density at radius 1 is 1.33 bits per heavy atom. The second-order valence-corrected chi connectivity index (χ2v) is 6.19. The van der Waals surface area contributed by atoms with Crippen LogP contribution in [0.15, 0.2) is 6.07 Å². The number of nitrogens with two attached hydrogens (primary N) is 1. The van der Waals surface area contributed by atoms with Gasteiger partial charge in [0.05, 0.1) is 4.88 Å². The first kappa shape index (κ1) is 15.5. The van der Waals surface area contributed by atoms with E-state index in [1.165, 1.54) is 10.4 Å². The monoisotopic (exact) mass is 288 g/mol. The Hall–Kier alpha value is -0.580. The quantitative estimate of drug-likeness (QED) is 0.879. The van der Waals surface area contributed by atoms with Gasteiger partial charge in [0.1, 0.15) is 0 Å². The third-order valence-corrected chi connectivity index (χ3v) is 4.65. The van der Waals surface area contributed by atoms with E-state index in [0.29, 0.717) is 12.1 Å². The lowest BCUT2D eigenvalue weighted by Crippen LogP contribution is -2.40. The molecule has 1 saturated carbocycles. The van der Waals surface area contributed by atoms with Crippen molar-refractivity contribution >= 4 is 29.7 Å². The van der Waals surface area contributed by atoms with Crippen LogP contribution >= 0.6 is 23.7 Å². The molecule has 18 heavy (non-hydrogen) atoms. The molecular weight excluding hydrogens is 268 g/mol. The zero-order valence-electron chi connectivity index (χ0n) is 10.9. The highest BCUT2D eigenvalue weighted by Crippen LogP contribution is 2.22. The molecule has 0 spiro atoms. The first-order chi connectivity index (χ1) is 8.06. The summed E-state index contributed by atoms with van der Waals surface area (Å²) in [6.45, 7) is 4.10. The molecule has 0 aliphatic heterocycles. The first-order valence-corrected chi connectivity index (χ1v) is 7.01. The molecule has 102 valence electrons. The van der Waals surface area contributed by atoms with Crippen molar-refractivity contribution in [3.8, 4) is 0 Å². The van der Waals surface area contributed by atoms with Gasteiger partial charge in [0.25, 0.3) is 5.91 Å². The largest absolute Gasteiger partial charge is 0.349 e. The summed E-state index contributed by atoms with van der Waals surface area (Å²) in [6.07, 6.45) is 4.06. The van der Waals surface area contributed by atoms with E-state index in [0.717, 1.165) is 30.6 Å². The Morgan fingerprint density at radius 2 is 1.94 bits per heavy atom. The molecular formula is C13H21ClN2OS. The van der Waals surface area contributed by atoms with Crippen molar-refractivity contribution in [3.05, 3.63) is 21.4 Å². The summed E-state index contributed by atoms with van der Waals surface area (Å²) in [5.74, 6) is 0.0756. The first-order valence-electron chi connectivity index (χ1n) is 6.19. The average Bonchev–Trinajstić information content (AvgIpc) is 2.63. The highest BCUT2D eigenvalue weighted by molar-refractivity contribution is 7.14. The van der Waals surface area contributed by atoms with Gasteiger partial charge in [-0.15, -0.1) is 23.7 Å². The van der Waals surface area contributed by atoms with Gasteiger partial charge in [-0.1, -0.05) is 0 Å². The Morgan fingerprint density at radius 3 is 2.44 bits per heavy atom. The van der Waals surface area contributed by atoms with Crippen LogP contribution in [0, 0.1) is 13.8 Å². The van der Waals surface area contributed by atoms with E-state index in [2.05, 4.69) is 12.2 Å². The van der Waals surface area contributed by atoms with Gasteiger partial charge in [0, 0.05) is 17.0 Å². The topological polar surface area (TPSA) is 55.1 Å². The van der Waals surface area contributed by atoms with E-state index in [4.69, 9.17) is 5.73 Å².